The largest absolute Gasteiger partial charge is 0.384 e. The predicted molar refractivity (Wildman–Crippen MR) is 82.4 cm³/mol. The molecule has 0 heterocycles. The number of non-ortho nitro benzene ring substituents is 1. The van der Waals surface area contributed by atoms with Crippen molar-refractivity contribution >= 4 is 22.7 Å². The fourth-order valence-corrected chi connectivity index (χ4v) is 1.67. The van der Waals surface area contributed by atoms with Gasteiger partial charge in [0.1, 0.15) is 0 Å². The molecule has 0 aliphatic carbocycles. The normalized spacial score (nSPS) is 10.3. The van der Waals surface area contributed by atoms with E-state index in [0.717, 1.165) is 5.69 Å². The molecule has 0 fully saturated rings. The third kappa shape index (κ3) is 4.38. The van der Waals surface area contributed by atoms with Crippen LogP contribution in [0.4, 0.5) is 22.7 Å². The maximum atomic E-state index is 10.5. The van der Waals surface area contributed by atoms with Crippen LogP contribution >= 0.6 is 0 Å². The van der Waals surface area contributed by atoms with Crippen LogP contribution in [0.25, 0.3) is 0 Å². The predicted octanol–water partition coefficient (Wildman–Crippen LogP) is 4.34. The van der Waals surface area contributed by atoms with Gasteiger partial charge in [-0.15, -0.1) is 0 Å². The monoisotopic (exact) mass is 295 g/mol. The van der Waals surface area contributed by atoms with Gasteiger partial charge in [-0.3, -0.25) is 10.1 Å². The molecule has 22 heavy (non-hydrogen) atoms. The Bertz CT molecular complexity index is 702. The van der Waals surface area contributed by atoms with Crippen LogP contribution in [-0.4, -0.2) is 11.5 Å². The fraction of sp³-hybridized carbons (Fsp3) is 0.133. The molecule has 0 aliphatic heterocycles. The van der Waals surface area contributed by atoms with Crippen molar-refractivity contribution in [3.63, 3.8) is 0 Å². The van der Waals surface area contributed by atoms with E-state index in [0.29, 0.717) is 24.3 Å². The van der Waals surface area contributed by atoms with Crippen molar-refractivity contribution in [2.45, 2.75) is 6.42 Å². The van der Waals surface area contributed by atoms with Crippen molar-refractivity contribution in [2.24, 2.45) is 10.2 Å². The van der Waals surface area contributed by atoms with E-state index in [1.165, 1.54) is 12.1 Å². The van der Waals surface area contributed by atoms with Gasteiger partial charge in [0.25, 0.3) is 5.69 Å². The summed E-state index contributed by atoms with van der Waals surface area (Å²) in [6.07, 6.45) is 0.446. The highest BCUT2D eigenvalue weighted by Crippen LogP contribution is 2.22. The van der Waals surface area contributed by atoms with Crippen LogP contribution in [-0.2, 0) is 0 Å². The van der Waals surface area contributed by atoms with E-state index in [4.69, 9.17) is 5.26 Å². The first-order valence-corrected chi connectivity index (χ1v) is 6.56. The Morgan fingerprint density at radius 2 is 1.59 bits per heavy atom. The number of anilines is 1. The van der Waals surface area contributed by atoms with Gasteiger partial charge in [-0.1, -0.05) is 0 Å². The summed E-state index contributed by atoms with van der Waals surface area (Å²) in [4.78, 5) is 10.1. The standard InChI is InChI=1S/C15H13N5O2/c16-10-1-11-17-12-2-4-13(5-3-12)18-19-14-6-8-15(9-7-14)20(21)22/h2-9,17H,1,11H2. The topological polar surface area (TPSA) is 104 Å². The maximum Gasteiger partial charge on any atom is 0.269 e. The molecule has 2 aromatic rings. The molecule has 2 aromatic carbocycles. The summed E-state index contributed by atoms with van der Waals surface area (Å²) in [5.41, 5.74) is 2.14. The van der Waals surface area contributed by atoms with Gasteiger partial charge in [-0.2, -0.15) is 15.5 Å². The minimum Gasteiger partial charge on any atom is -0.384 e. The fourth-order valence-electron chi connectivity index (χ4n) is 1.67. The summed E-state index contributed by atoms with van der Waals surface area (Å²) < 4.78 is 0. The highest BCUT2D eigenvalue weighted by Gasteiger charge is 2.03. The van der Waals surface area contributed by atoms with Crippen LogP contribution < -0.4 is 5.32 Å². The zero-order valence-electron chi connectivity index (χ0n) is 11.6. The van der Waals surface area contributed by atoms with Crippen molar-refractivity contribution in [2.75, 3.05) is 11.9 Å². The molecule has 0 atom stereocenters. The third-order valence-corrected chi connectivity index (χ3v) is 2.77. The SMILES string of the molecule is N#CCCNc1ccc(N=Nc2ccc([N+](=O)[O-])cc2)cc1. The van der Waals surface area contributed by atoms with Crippen LogP contribution in [0.5, 0.6) is 0 Å². The number of nitro benzene ring substituents is 1. The van der Waals surface area contributed by atoms with E-state index < -0.39 is 4.92 Å². The number of benzene rings is 2. The molecule has 0 radical (unpaired) electrons. The van der Waals surface area contributed by atoms with Gasteiger partial charge >= 0.3 is 0 Å². The second-order valence-corrected chi connectivity index (χ2v) is 4.36. The number of nitro groups is 1. The first-order chi connectivity index (χ1) is 10.7. The second kappa shape index (κ2) is 7.50. The molecule has 0 saturated heterocycles. The third-order valence-electron chi connectivity index (χ3n) is 2.77. The molecule has 0 saturated carbocycles. The lowest BCUT2D eigenvalue weighted by Crippen LogP contribution is -1.99. The first kappa shape index (κ1) is 15.1. The molecule has 1 N–H and O–H groups in total. The Balaban J connectivity index is 1.98. The van der Waals surface area contributed by atoms with Gasteiger partial charge in [-0.25, -0.2) is 0 Å². The minimum absolute atomic E-state index is 0.0201. The maximum absolute atomic E-state index is 10.5. The van der Waals surface area contributed by atoms with E-state index in [1.54, 1.807) is 24.3 Å². The molecule has 0 aromatic heterocycles. The van der Waals surface area contributed by atoms with Crippen LogP contribution in [0.1, 0.15) is 6.42 Å². The molecule has 7 nitrogen and oxygen atoms in total. The van der Waals surface area contributed by atoms with E-state index in [9.17, 15) is 10.1 Å². The second-order valence-electron chi connectivity index (χ2n) is 4.36. The quantitative estimate of drug-likeness (QED) is 0.370. The van der Waals surface area contributed by atoms with Gasteiger partial charge in [0, 0.05) is 24.4 Å². The number of azo groups is 1. The number of nitrogens with zero attached hydrogens (tertiary/aromatic N) is 4. The molecular weight excluding hydrogens is 282 g/mol. The summed E-state index contributed by atoms with van der Waals surface area (Å²) in [7, 11) is 0. The molecule has 0 amide bonds. The summed E-state index contributed by atoms with van der Waals surface area (Å²) >= 11 is 0. The van der Waals surface area contributed by atoms with Crippen LogP contribution in [0.2, 0.25) is 0 Å². The van der Waals surface area contributed by atoms with Crippen LogP contribution in [0, 0.1) is 21.4 Å². The van der Waals surface area contributed by atoms with Crippen molar-refractivity contribution < 1.29 is 4.92 Å². The van der Waals surface area contributed by atoms with Crippen molar-refractivity contribution in [1.82, 2.24) is 0 Å². The lowest BCUT2D eigenvalue weighted by molar-refractivity contribution is -0.384. The van der Waals surface area contributed by atoms with Gasteiger partial charge in [0.2, 0.25) is 0 Å². The Morgan fingerprint density at radius 3 is 2.09 bits per heavy atom. The molecule has 2 rings (SSSR count). The average molecular weight is 295 g/mol. The zero-order chi connectivity index (χ0) is 15.8. The number of nitriles is 1. The lowest BCUT2D eigenvalue weighted by atomic mass is 10.3. The smallest absolute Gasteiger partial charge is 0.269 e. The van der Waals surface area contributed by atoms with Gasteiger partial charge in [-0.05, 0) is 36.4 Å². The molecule has 0 aliphatic rings. The summed E-state index contributed by atoms with van der Waals surface area (Å²) in [5.74, 6) is 0. The minimum atomic E-state index is -0.459. The van der Waals surface area contributed by atoms with Crippen LogP contribution in [0.3, 0.4) is 0 Å². The molecule has 0 spiro atoms. The van der Waals surface area contributed by atoms with Crippen LogP contribution in [0.15, 0.2) is 58.8 Å². The Morgan fingerprint density at radius 1 is 1.05 bits per heavy atom. The highest BCUT2D eigenvalue weighted by molar-refractivity contribution is 5.51. The molecule has 0 bridgehead atoms. The summed E-state index contributed by atoms with van der Waals surface area (Å²) in [6, 6.07) is 15.2. The highest BCUT2D eigenvalue weighted by atomic mass is 16.6. The number of nitrogens with one attached hydrogen (secondary N) is 1. The Hall–Kier alpha value is -3.27. The summed E-state index contributed by atoms with van der Waals surface area (Å²) in [6.45, 7) is 0.597. The molecule has 0 unspecified atom stereocenters. The van der Waals surface area contributed by atoms with E-state index in [-0.39, 0.29) is 5.69 Å². The van der Waals surface area contributed by atoms with E-state index in [1.807, 2.05) is 12.1 Å². The molecular formula is C15H13N5O2. The Labute approximate surface area is 127 Å². The van der Waals surface area contributed by atoms with Gasteiger partial charge in [0.15, 0.2) is 0 Å². The van der Waals surface area contributed by atoms with Crippen molar-refractivity contribution in [3.05, 3.63) is 58.6 Å². The molecule has 7 heteroatoms. The van der Waals surface area contributed by atoms with Crippen molar-refractivity contribution in [3.8, 4) is 6.07 Å². The average Bonchev–Trinajstić information content (AvgIpc) is 2.55. The zero-order valence-corrected chi connectivity index (χ0v) is 11.6. The van der Waals surface area contributed by atoms with E-state index >= 15 is 0 Å². The Kier molecular flexibility index (Phi) is 5.15. The summed E-state index contributed by atoms with van der Waals surface area (Å²) in [5, 5.41) is 30.2. The van der Waals surface area contributed by atoms with Gasteiger partial charge in [0.05, 0.1) is 28.8 Å². The number of hydrogen-bond acceptors (Lipinski definition) is 6. The number of hydrogen-bond donors (Lipinski definition) is 1. The first-order valence-electron chi connectivity index (χ1n) is 6.56. The van der Waals surface area contributed by atoms with Crippen molar-refractivity contribution in [1.29, 1.82) is 5.26 Å². The lowest BCUT2D eigenvalue weighted by Gasteiger charge is -2.03. The number of rotatable bonds is 6. The molecule has 110 valence electrons. The van der Waals surface area contributed by atoms with E-state index in [2.05, 4.69) is 21.6 Å². The van der Waals surface area contributed by atoms with Gasteiger partial charge < -0.3 is 5.32 Å².